The standard InChI is InChI=1S/C18H26N2O3.ClH/c1-20(11-12-23-15-5-3-14(22-2)4-6-15)17(21)16-13-18(16)7-9-19-10-8-18;/h3-6,16,19H,7-13H2,1-2H3;1H. The Hall–Kier alpha value is -1.46. The van der Waals surface area contributed by atoms with Gasteiger partial charge in [0.15, 0.2) is 0 Å². The summed E-state index contributed by atoms with van der Waals surface area (Å²) in [5, 5.41) is 3.38. The third kappa shape index (κ3) is 4.14. The Balaban J connectivity index is 0.00000208. The van der Waals surface area contributed by atoms with E-state index in [1.807, 2.05) is 36.2 Å². The van der Waals surface area contributed by atoms with Crippen LogP contribution in [0.4, 0.5) is 0 Å². The van der Waals surface area contributed by atoms with Crippen LogP contribution in [0.1, 0.15) is 19.3 Å². The molecule has 134 valence electrons. The number of nitrogens with one attached hydrogen (secondary N) is 1. The maximum atomic E-state index is 12.5. The van der Waals surface area contributed by atoms with Crippen molar-refractivity contribution in [3.63, 3.8) is 0 Å². The number of methoxy groups -OCH3 is 1. The minimum Gasteiger partial charge on any atom is -0.497 e. The number of rotatable bonds is 6. The van der Waals surface area contributed by atoms with Gasteiger partial charge in [0.25, 0.3) is 0 Å². The largest absolute Gasteiger partial charge is 0.497 e. The van der Waals surface area contributed by atoms with Crippen LogP contribution in [0.25, 0.3) is 0 Å². The van der Waals surface area contributed by atoms with E-state index in [-0.39, 0.29) is 24.2 Å². The minimum absolute atomic E-state index is 0. The van der Waals surface area contributed by atoms with E-state index >= 15 is 0 Å². The Kier molecular flexibility index (Phi) is 6.35. The second-order valence-corrected chi connectivity index (χ2v) is 6.65. The molecule has 3 rings (SSSR count). The zero-order valence-corrected chi connectivity index (χ0v) is 15.2. The molecule has 1 unspecified atom stereocenters. The molecule has 1 amide bonds. The molecule has 1 aromatic rings. The fourth-order valence-electron chi connectivity index (χ4n) is 3.52. The van der Waals surface area contributed by atoms with E-state index in [1.165, 1.54) is 0 Å². The van der Waals surface area contributed by atoms with Crippen molar-refractivity contribution < 1.29 is 14.3 Å². The first-order valence-corrected chi connectivity index (χ1v) is 8.37. The molecule has 1 aliphatic carbocycles. The van der Waals surface area contributed by atoms with Gasteiger partial charge in [-0.1, -0.05) is 0 Å². The summed E-state index contributed by atoms with van der Waals surface area (Å²) in [7, 11) is 3.52. The fraction of sp³-hybridized carbons (Fsp3) is 0.611. The number of carbonyl (C=O) groups is 1. The highest BCUT2D eigenvalue weighted by atomic mass is 35.5. The quantitative estimate of drug-likeness (QED) is 0.852. The van der Waals surface area contributed by atoms with Crippen molar-refractivity contribution in [2.45, 2.75) is 19.3 Å². The van der Waals surface area contributed by atoms with E-state index in [0.29, 0.717) is 18.6 Å². The van der Waals surface area contributed by atoms with Gasteiger partial charge in [-0.2, -0.15) is 0 Å². The number of hydrogen-bond donors (Lipinski definition) is 1. The van der Waals surface area contributed by atoms with E-state index in [9.17, 15) is 4.79 Å². The SMILES string of the molecule is COc1ccc(OCCN(C)C(=O)C2CC23CCNCC3)cc1.Cl. The zero-order valence-electron chi connectivity index (χ0n) is 14.4. The summed E-state index contributed by atoms with van der Waals surface area (Å²) in [6.45, 7) is 3.23. The first kappa shape index (κ1) is 18.9. The number of hydrogen-bond acceptors (Lipinski definition) is 4. The molecule has 1 spiro atoms. The molecule has 1 N–H and O–H groups in total. The predicted octanol–water partition coefficient (Wildman–Crippen LogP) is 2.34. The highest BCUT2D eigenvalue weighted by Gasteiger charge is 2.58. The van der Waals surface area contributed by atoms with Gasteiger partial charge in [0.2, 0.25) is 5.91 Å². The van der Waals surface area contributed by atoms with Crippen molar-refractivity contribution in [1.82, 2.24) is 10.2 Å². The van der Waals surface area contributed by atoms with E-state index in [0.717, 1.165) is 43.9 Å². The topological polar surface area (TPSA) is 50.8 Å². The lowest BCUT2D eigenvalue weighted by Gasteiger charge is -2.25. The van der Waals surface area contributed by atoms with Crippen LogP contribution in [-0.4, -0.2) is 51.2 Å². The van der Waals surface area contributed by atoms with E-state index in [4.69, 9.17) is 9.47 Å². The van der Waals surface area contributed by atoms with Gasteiger partial charge < -0.3 is 19.7 Å². The van der Waals surface area contributed by atoms with Crippen LogP contribution in [0.3, 0.4) is 0 Å². The van der Waals surface area contributed by atoms with Crippen LogP contribution < -0.4 is 14.8 Å². The molecule has 2 fully saturated rings. The molecular weight excluding hydrogens is 328 g/mol. The minimum atomic E-state index is 0. The summed E-state index contributed by atoms with van der Waals surface area (Å²) in [5.74, 6) is 2.12. The van der Waals surface area contributed by atoms with Crippen molar-refractivity contribution in [3.8, 4) is 11.5 Å². The zero-order chi connectivity index (χ0) is 16.3. The van der Waals surface area contributed by atoms with Crippen LogP contribution in [0.5, 0.6) is 11.5 Å². The second kappa shape index (κ2) is 8.08. The number of amides is 1. The van der Waals surface area contributed by atoms with E-state index in [2.05, 4.69) is 5.32 Å². The van der Waals surface area contributed by atoms with Gasteiger partial charge in [-0.3, -0.25) is 4.79 Å². The monoisotopic (exact) mass is 354 g/mol. The van der Waals surface area contributed by atoms with Crippen molar-refractivity contribution >= 4 is 18.3 Å². The Morgan fingerprint density at radius 2 is 1.88 bits per heavy atom. The molecule has 0 aromatic heterocycles. The number of likely N-dealkylation sites (N-methyl/N-ethyl adjacent to an activating group) is 1. The van der Waals surface area contributed by atoms with Crippen LogP contribution in [0.15, 0.2) is 24.3 Å². The van der Waals surface area contributed by atoms with E-state index in [1.54, 1.807) is 7.11 Å². The predicted molar refractivity (Wildman–Crippen MR) is 96.0 cm³/mol. The first-order chi connectivity index (χ1) is 11.1. The average Bonchev–Trinajstić information content (AvgIpc) is 3.28. The van der Waals surface area contributed by atoms with Crippen molar-refractivity contribution in [2.24, 2.45) is 11.3 Å². The molecule has 0 radical (unpaired) electrons. The lowest BCUT2D eigenvalue weighted by molar-refractivity contribution is -0.132. The summed E-state index contributed by atoms with van der Waals surface area (Å²) >= 11 is 0. The van der Waals surface area contributed by atoms with Gasteiger partial charge in [-0.15, -0.1) is 12.4 Å². The van der Waals surface area contributed by atoms with Crippen molar-refractivity contribution in [1.29, 1.82) is 0 Å². The maximum absolute atomic E-state index is 12.5. The molecule has 6 heteroatoms. The summed E-state index contributed by atoms with van der Waals surface area (Å²) in [6.07, 6.45) is 3.34. The first-order valence-electron chi connectivity index (χ1n) is 8.37. The molecule has 1 aliphatic heterocycles. The third-order valence-corrected chi connectivity index (χ3v) is 5.22. The van der Waals surface area contributed by atoms with Gasteiger partial charge in [0.05, 0.1) is 13.7 Å². The Morgan fingerprint density at radius 1 is 1.25 bits per heavy atom. The van der Waals surface area contributed by atoms with Crippen molar-refractivity contribution in [2.75, 3.05) is 40.4 Å². The molecule has 5 nitrogen and oxygen atoms in total. The normalized spacial score (nSPS) is 20.8. The van der Waals surface area contributed by atoms with Crippen LogP contribution in [0.2, 0.25) is 0 Å². The van der Waals surface area contributed by atoms with Crippen LogP contribution in [-0.2, 0) is 4.79 Å². The molecule has 1 saturated carbocycles. The number of ether oxygens (including phenoxy) is 2. The highest BCUT2D eigenvalue weighted by Crippen LogP contribution is 2.59. The number of benzene rings is 1. The Labute approximate surface area is 150 Å². The second-order valence-electron chi connectivity index (χ2n) is 6.65. The van der Waals surface area contributed by atoms with Gasteiger partial charge in [-0.25, -0.2) is 0 Å². The summed E-state index contributed by atoms with van der Waals surface area (Å²) in [6, 6.07) is 7.50. The van der Waals surface area contributed by atoms with Crippen LogP contribution in [0, 0.1) is 11.3 Å². The lowest BCUT2D eigenvalue weighted by atomic mass is 9.91. The Bertz CT molecular complexity index is 544. The molecule has 24 heavy (non-hydrogen) atoms. The molecule has 1 atom stereocenters. The van der Waals surface area contributed by atoms with Gasteiger partial charge >= 0.3 is 0 Å². The van der Waals surface area contributed by atoms with Gasteiger partial charge in [0, 0.05) is 13.0 Å². The van der Waals surface area contributed by atoms with E-state index < -0.39 is 0 Å². The fourth-order valence-corrected chi connectivity index (χ4v) is 3.52. The van der Waals surface area contributed by atoms with Gasteiger partial charge in [0.1, 0.15) is 18.1 Å². The summed E-state index contributed by atoms with van der Waals surface area (Å²) in [4.78, 5) is 14.4. The summed E-state index contributed by atoms with van der Waals surface area (Å²) in [5.41, 5.74) is 0.299. The average molecular weight is 355 g/mol. The van der Waals surface area contributed by atoms with Crippen molar-refractivity contribution in [3.05, 3.63) is 24.3 Å². The molecule has 1 aromatic carbocycles. The van der Waals surface area contributed by atoms with Crippen LogP contribution >= 0.6 is 12.4 Å². The number of piperidine rings is 1. The number of halogens is 1. The maximum Gasteiger partial charge on any atom is 0.226 e. The Morgan fingerprint density at radius 3 is 2.50 bits per heavy atom. The third-order valence-electron chi connectivity index (χ3n) is 5.22. The molecule has 0 bridgehead atoms. The molecule has 2 aliphatic rings. The highest BCUT2D eigenvalue weighted by molar-refractivity contribution is 5.85. The molecule has 1 heterocycles. The smallest absolute Gasteiger partial charge is 0.226 e. The summed E-state index contributed by atoms with van der Waals surface area (Å²) < 4.78 is 10.8. The molecular formula is C18H27ClN2O3. The van der Waals surface area contributed by atoms with Gasteiger partial charge in [-0.05, 0) is 62.0 Å². The lowest BCUT2D eigenvalue weighted by Crippen LogP contribution is -2.36. The number of nitrogens with zero attached hydrogens (tertiary/aromatic N) is 1. The molecule has 1 saturated heterocycles. The number of carbonyl (C=O) groups excluding carboxylic acids is 1.